The number of anilines is 1. The molecule has 2 amide bonds. The average Bonchev–Trinajstić information content (AvgIpc) is 2.59. The first-order valence-corrected chi connectivity index (χ1v) is 7.95. The second-order valence-corrected chi connectivity index (χ2v) is 5.83. The maximum atomic E-state index is 12.4. The molecule has 0 aromatic heterocycles. The van der Waals surface area contributed by atoms with Crippen LogP contribution in [0.15, 0.2) is 48.5 Å². The van der Waals surface area contributed by atoms with Gasteiger partial charge in [-0.1, -0.05) is 30.3 Å². The normalized spacial score (nSPS) is 16.3. The summed E-state index contributed by atoms with van der Waals surface area (Å²) in [5, 5.41) is 2.86. The van der Waals surface area contributed by atoms with E-state index in [-0.39, 0.29) is 11.8 Å². The van der Waals surface area contributed by atoms with Crippen molar-refractivity contribution >= 4 is 17.5 Å². The molecule has 1 aliphatic rings. The number of aryl methyl sites for hydroxylation is 1. The smallest absolute Gasteiger partial charge is 0.267 e. The molecule has 0 saturated heterocycles. The Morgan fingerprint density at radius 2 is 1.88 bits per heavy atom. The Morgan fingerprint density at radius 1 is 1.17 bits per heavy atom. The fourth-order valence-electron chi connectivity index (χ4n) is 2.79. The molecule has 0 bridgehead atoms. The number of hydrogen-bond acceptors (Lipinski definition) is 3. The Hall–Kier alpha value is -2.82. The van der Waals surface area contributed by atoms with Gasteiger partial charge in [0.2, 0.25) is 0 Å². The highest BCUT2D eigenvalue weighted by Gasteiger charge is 2.31. The van der Waals surface area contributed by atoms with Gasteiger partial charge in [0.15, 0.2) is 6.10 Å². The average molecular weight is 324 g/mol. The van der Waals surface area contributed by atoms with Crippen LogP contribution in [0.3, 0.4) is 0 Å². The highest BCUT2D eigenvalue weighted by Crippen LogP contribution is 2.33. The lowest BCUT2D eigenvalue weighted by Gasteiger charge is -2.31. The number of hydrogen-bond donors (Lipinski definition) is 1. The topological polar surface area (TPSA) is 58.6 Å². The summed E-state index contributed by atoms with van der Waals surface area (Å²) in [7, 11) is 1.74. The molecular formula is C19H20N2O3. The number of rotatable bonds is 4. The standard InChI is InChI=1S/C19H20N2O3/c1-13-7-3-4-8-14(13)18(22)20-12-11-17-19(23)21(2)15-9-5-6-10-16(15)24-17/h3-10,17H,11-12H2,1-2H3,(H,20,22). The molecule has 1 unspecified atom stereocenters. The molecule has 0 radical (unpaired) electrons. The van der Waals surface area contributed by atoms with Gasteiger partial charge in [-0.3, -0.25) is 9.59 Å². The van der Waals surface area contributed by atoms with E-state index in [0.29, 0.717) is 24.3 Å². The third-order valence-corrected chi connectivity index (χ3v) is 4.18. The van der Waals surface area contributed by atoms with Crippen LogP contribution in [-0.4, -0.2) is 31.5 Å². The third-order valence-electron chi connectivity index (χ3n) is 4.18. The molecule has 1 aliphatic heterocycles. The van der Waals surface area contributed by atoms with Crippen LogP contribution in [0.25, 0.3) is 0 Å². The van der Waals surface area contributed by atoms with E-state index in [4.69, 9.17) is 4.74 Å². The van der Waals surface area contributed by atoms with Crippen LogP contribution in [0.4, 0.5) is 5.69 Å². The van der Waals surface area contributed by atoms with Crippen LogP contribution in [0.1, 0.15) is 22.3 Å². The molecule has 3 rings (SSSR count). The second-order valence-electron chi connectivity index (χ2n) is 5.83. The number of fused-ring (bicyclic) bond motifs is 1. The Morgan fingerprint density at radius 3 is 2.67 bits per heavy atom. The van der Waals surface area contributed by atoms with Crippen LogP contribution < -0.4 is 15.0 Å². The van der Waals surface area contributed by atoms with E-state index in [1.165, 1.54) is 0 Å². The van der Waals surface area contributed by atoms with Gasteiger partial charge in [0, 0.05) is 25.6 Å². The summed E-state index contributed by atoms with van der Waals surface area (Å²) >= 11 is 0. The van der Waals surface area contributed by atoms with Gasteiger partial charge >= 0.3 is 0 Å². The van der Waals surface area contributed by atoms with E-state index < -0.39 is 6.10 Å². The van der Waals surface area contributed by atoms with Crippen LogP contribution in [0.5, 0.6) is 5.75 Å². The number of carbonyl (C=O) groups is 2. The lowest BCUT2D eigenvalue weighted by atomic mass is 10.1. The zero-order valence-electron chi connectivity index (χ0n) is 13.8. The first kappa shape index (κ1) is 16.1. The first-order valence-electron chi connectivity index (χ1n) is 7.95. The quantitative estimate of drug-likeness (QED) is 0.940. The van der Waals surface area contributed by atoms with Crippen molar-refractivity contribution in [3.8, 4) is 5.75 Å². The lowest BCUT2D eigenvalue weighted by molar-refractivity contribution is -0.126. The van der Waals surface area contributed by atoms with Crippen molar-refractivity contribution in [2.45, 2.75) is 19.4 Å². The van der Waals surface area contributed by atoms with E-state index in [2.05, 4.69) is 5.32 Å². The van der Waals surface area contributed by atoms with E-state index in [9.17, 15) is 9.59 Å². The molecule has 5 nitrogen and oxygen atoms in total. The highest BCUT2D eigenvalue weighted by molar-refractivity contribution is 5.99. The number of ether oxygens (including phenoxy) is 1. The third kappa shape index (κ3) is 3.11. The number of nitrogens with zero attached hydrogens (tertiary/aromatic N) is 1. The van der Waals surface area contributed by atoms with E-state index >= 15 is 0 Å². The van der Waals surface area contributed by atoms with E-state index in [0.717, 1.165) is 11.3 Å². The largest absolute Gasteiger partial charge is 0.478 e. The van der Waals surface area contributed by atoms with Gasteiger partial charge in [-0.15, -0.1) is 0 Å². The number of nitrogens with one attached hydrogen (secondary N) is 1. The van der Waals surface area contributed by atoms with Gasteiger partial charge in [-0.25, -0.2) is 0 Å². The monoisotopic (exact) mass is 324 g/mol. The van der Waals surface area contributed by atoms with E-state index in [1.54, 1.807) is 18.0 Å². The summed E-state index contributed by atoms with van der Waals surface area (Å²) in [5.74, 6) is 0.457. The molecular weight excluding hydrogens is 304 g/mol. The zero-order valence-corrected chi connectivity index (χ0v) is 13.8. The molecule has 1 N–H and O–H groups in total. The molecule has 1 heterocycles. The van der Waals surface area contributed by atoms with Gasteiger partial charge in [0.25, 0.3) is 11.8 Å². The summed E-state index contributed by atoms with van der Waals surface area (Å²) in [5.41, 5.74) is 2.34. The SMILES string of the molecule is Cc1ccccc1C(=O)NCCC1Oc2ccccc2N(C)C1=O. The lowest BCUT2D eigenvalue weighted by Crippen LogP contribution is -2.45. The van der Waals surface area contributed by atoms with Crippen molar-refractivity contribution in [1.82, 2.24) is 5.32 Å². The highest BCUT2D eigenvalue weighted by atomic mass is 16.5. The zero-order chi connectivity index (χ0) is 17.1. The minimum Gasteiger partial charge on any atom is -0.478 e. The van der Waals surface area contributed by atoms with Crippen molar-refractivity contribution in [3.63, 3.8) is 0 Å². The van der Waals surface area contributed by atoms with E-state index in [1.807, 2.05) is 49.4 Å². The minimum absolute atomic E-state index is 0.0983. The molecule has 2 aromatic rings. The molecule has 5 heteroatoms. The Labute approximate surface area is 141 Å². The van der Waals surface area contributed by atoms with Crippen LogP contribution >= 0.6 is 0 Å². The van der Waals surface area contributed by atoms with Gasteiger partial charge in [0.1, 0.15) is 5.75 Å². The van der Waals surface area contributed by atoms with Crippen LogP contribution in [0.2, 0.25) is 0 Å². The maximum absolute atomic E-state index is 12.4. The number of carbonyl (C=O) groups excluding carboxylic acids is 2. The molecule has 2 aromatic carbocycles. The Bertz CT molecular complexity index is 773. The first-order chi connectivity index (χ1) is 11.6. The molecule has 24 heavy (non-hydrogen) atoms. The van der Waals surface area contributed by atoms with Gasteiger partial charge in [-0.2, -0.15) is 0 Å². The molecule has 0 fully saturated rings. The van der Waals surface area contributed by atoms with Gasteiger partial charge in [0.05, 0.1) is 5.69 Å². The minimum atomic E-state index is -0.581. The van der Waals surface area contributed by atoms with Gasteiger partial charge < -0.3 is 15.0 Å². The molecule has 0 aliphatic carbocycles. The van der Waals surface area contributed by atoms with Crippen molar-refractivity contribution in [3.05, 3.63) is 59.7 Å². The van der Waals surface area contributed by atoms with Crippen LogP contribution in [0, 0.1) is 6.92 Å². The van der Waals surface area contributed by atoms with Gasteiger partial charge in [-0.05, 0) is 30.7 Å². The molecule has 1 atom stereocenters. The number of para-hydroxylation sites is 2. The number of amides is 2. The second kappa shape index (κ2) is 6.74. The fourth-order valence-corrected chi connectivity index (χ4v) is 2.79. The summed E-state index contributed by atoms with van der Waals surface area (Å²) in [6.45, 7) is 2.27. The fraction of sp³-hybridized carbons (Fsp3) is 0.263. The number of benzene rings is 2. The summed E-state index contributed by atoms with van der Waals surface area (Å²) in [6.07, 6.45) is -0.156. The van der Waals surface area contributed by atoms with Crippen molar-refractivity contribution in [2.75, 3.05) is 18.5 Å². The molecule has 0 spiro atoms. The summed E-state index contributed by atoms with van der Waals surface area (Å²) in [6, 6.07) is 14.9. The van der Waals surface area contributed by atoms with Crippen molar-refractivity contribution < 1.29 is 14.3 Å². The van der Waals surface area contributed by atoms with Crippen LogP contribution in [-0.2, 0) is 4.79 Å². The predicted molar refractivity (Wildman–Crippen MR) is 92.4 cm³/mol. The number of likely N-dealkylation sites (N-methyl/N-ethyl adjacent to an activating group) is 1. The summed E-state index contributed by atoms with van der Waals surface area (Å²) in [4.78, 5) is 26.2. The van der Waals surface area contributed by atoms with Crippen molar-refractivity contribution in [1.29, 1.82) is 0 Å². The summed E-state index contributed by atoms with van der Waals surface area (Å²) < 4.78 is 5.78. The van der Waals surface area contributed by atoms with Crippen molar-refractivity contribution in [2.24, 2.45) is 0 Å². The Balaban J connectivity index is 1.61. The maximum Gasteiger partial charge on any atom is 0.267 e. The molecule has 124 valence electrons. The predicted octanol–water partition coefficient (Wildman–Crippen LogP) is 2.54. The Kier molecular flexibility index (Phi) is 4.51. The molecule has 0 saturated carbocycles.